The second-order valence-corrected chi connectivity index (χ2v) is 15.7. The van der Waals surface area contributed by atoms with Crippen molar-refractivity contribution in [3.8, 4) is 0 Å². The van der Waals surface area contributed by atoms with Crippen LogP contribution in [0, 0.1) is 0 Å². The molecule has 0 bridgehead atoms. The zero-order valence-electron chi connectivity index (χ0n) is 36.3. The topological polar surface area (TPSA) is 99.1 Å². The van der Waals surface area contributed by atoms with E-state index in [1.54, 1.807) is 0 Å². The molecule has 0 saturated heterocycles. The van der Waals surface area contributed by atoms with Crippen molar-refractivity contribution in [3.63, 3.8) is 0 Å². The molecule has 0 aliphatic carbocycles. The SMILES string of the molecule is CC/C=C/C=C/C=C/C=C/C=C/CCCC(=O)OCC(COCCC(C(=O)O)[N+](C)(C)C)OC(=O)CCCCCCCCC/C=C/CCCCCCCCCC. The van der Waals surface area contributed by atoms with Gasteiger partial charge in [-0.2, -0.15) is 0 Å². The monoisotopic (exact) mass is 785 g/mol. The number of carboxylic acid groups (broad SMARTS) is 1. The zero-order valence-corrected chi connectivity index (χ0v) is 36.3. The summed E-state index contributed by atoms with van der Waals surface area (Å²) >= 11 is 0. The van der Waals surface area contributed by atoms with Crippen LogP contribution >= 0.6 is 0 Å². The van der Waals surface area contributed by atoms with Crippen molar-refractivity contribution in [2.24, 2.45) is 0 Å². The average molecular weight is 785 g/mol. The number of ether oxygens (including phenoxy) is 3. The highest BCUT2D eigenvalue weighted by atomic mass is 16.6. The first-order chi connectivity index (χ1) is 27.1. The number of likely N-dealkylation sites (N-methyl/N-ethyl adjacent to an activating group) is 1. The van der Waals surface area contributed by atoms with E-state index in [1.807, 2.05) is 75.8 Å². The molecular weight excluding hydrogens is 703 g/mol. The molecule has 0 saturated carbocycles. The maximum atomic E-state index is 12.7. The Kier molecular flexibility index (Phi) is 36.4. The van der Waals surface area contributed by atoms with E-state index in [2.05, 4.69) is 32.1 Å². The predicted molar refractivity (Wildman–Crippen MR) is 233 cm³/mol. The summed E-state index contributed by atoms with van der Waals surface area (Å²) in [6.45, 7) is 4.50. The molecule has 320 valence electrons. The molecule has 56 heavy (non-hydrogen) atoms. The van der Waals surface area contributed by atoms with Crippen LogP contribution in [0.5, 0.6) is 0 Å². The number of allylic oxidation sites excluding steroid dienone is 12. The van der Waals surface area contributed by atoms with Crippen LogP contribution in [0.3, 0.4) is 0 Å². The van der Waals surface area contributed by atoms with Crippen LogP contribution in [0.1, 0.15) is 162 Å². The lowest BCUT2D eigenvalue weighted by Gasteiger charge is -2.31. The Morgan fingerprint density at radius 2 is 1.04 bits per heavy atom. The molecular formula is C48H82NO7+. The van der Waals surface area contributed by atoms with Crippen LogP contribution in [0.15, 0.2) is 72.9 Å². The number of carbonyl (C=O) groups is 3. The van der Waals surface area contributed by atoms with E-state index in [4.69, 9.17) is 14.2 Å². The number of aliphatic carboxylic acids is 1. The van der Waals surface area contributed by atoms with Crippen molar-refractivity contribution >= 4 is 17.9 Å². The Bertz CT molecular complexity index is 1140. The molecule has 0 aliphatic heterocycles. The fourth-order valence-corrected chi connectivity index (χ4v) is 6.06. The smallest absolute Gasteiger partial charge is 0.362 e. The first-order valence-electron chi connectivity index (χ1n) is 22.0. The third-order valence-corrected chi connectivity index (χ3v) is 9.47. The van der Waals surface area contributed by atoms with E-state index in [0.29, 0.717) is 19.3 Å². The lowest BCUT2D eigenvalue weighted by atomic mass is 10.1. The molecule has 0 aromatic rings. The summed E-state index contributed by atoms with van der Waals surface area (Å²) in [7, 11) is 5.49. The van der Waals surface area contributed by atoms with Gasteiger partial charge in [0.05, 0.1) is 34.4 Å². The molecule has 8 heteroatoms. The Morgan fingerprint density at radius 3 is 1.57 bits per heavy atom. The maximum Gasteiger partial charge on any atom is 0.362 e. The molecule has 0 rings (SSSR count). The summed E-state index contributed by atoms with van der Waals surface area (Å²) in [6.07, 6.45) is 48.2. The van der Waals surface area contributed by atoms with Gasteiger partial charge in [-0.3, -0.25) is 9.59 Å². The summed E-state index contributed by atoms with van der Waals surface area (Å²) in [5.41, 5.74) is 0. The standard InChI is InChI=1S/C48H81NO7/c1-6-8-10-12-14-16-18-20-21-22-23-24-25-27-29-31-33-35-37-39-47(51)56-44(42-54-41-40-45(48(52)53)49(3,4)5)43-55-46(50)38-36-34-32-30-28-26-19-17-15-13-11-9-7-2/h9,11,13,15,17,19,22-23,26,28,30,32,44-45H,6-8,10,12,14,16,18,20-21,24-25,27,29,31,33-43H2,1-5H3/p+1/b11-9+,15-13+,19-17+,23-22+,28-26+,32-30+. The Morgan fingerprint density at radius 1 is 0.554 bits per heavy atom. The van der Waals surface area contributed by atoms with Crippen LogP contribution < -0.4 is 0 Å². The fourth-order valence-electron chi connectivity index (χ4n) is 6.06. The van der Waals surface area contributed by atoms with E-state index in [0.717, 1.165) is 32.1 Å². The van der Waals surface area contributed by atoms with Gasteiger partial charge in [-0.1, -0.05) is 164 Å². The third-order valence-electron chi connectivity index (χ3n) is 9.47. The number of quaternary nitrogens is 1. The molecule has 8 nitrogen and oxygen atoms in total. The summed E-state index contributed by atoms with van der Waals surface area (Å²) in [5, 5.41) is 9.61. The van der Waals surface area contributed by atoms with Gasteiger partial charge >= 0.3 is 17.9 Å². The van der Waals surface area contributed by atoms with Crippen LogP contribution in [0.25, 0.3) is 0 Å². The molecule has 0 aromatic carbocycles. The second-order valence-electron chi connectivity index (χ2n) is 15.7. The van der Waals surface area contributed by atoms with Gasteiger partial charge in [-0.15, -0.1) is 0 Å². The molecule has 0 aliphatic rings. The number of rotatable bonds is 38. The highest BCUT2D eigenvalue weighted by Gasteiger charge is 2.31. The number of unbranched alkanes of at least 4 members (excludes halogenated alkanes) is 16. The average Bonchev–Trinajstić information content (AvgIpc) is 3.15. The molecule has 0 heterocycles. The van der Waals surface area contributed by atoms with Crippen LogP contribution in [-0.4, -0.2) is 80.6 Å². The highest BCUT2D eigenvalue weighted by Crippen LogP contribution is 2.14. The van der Waals surface area contributed by atoms with Crippen LogP contribution in [-0.2, 0) is 28.6 Å². The van der Waals surface area contributed by atoms with Gasteiger partial charge in [0.2, 0.25) is 0 Å². The van der Waals surface area contributed by atoms with Crippen molar-refractivity contribution in [1.29, 1.82) is 0 Å². The Balaban J connectivity index is 4.42. The number of carboxylic acids is 1. The van der Waals surface area contributed by atoms with Crippen molar-refractivity contribution in [2.45, 2.75) is 174 Å². The number of nitrogens with zero attached hydrogens (tertiary/aromatic N) is 1. The number of hydrogen-bond acceptors (Lipinski definition) is 6. The Hall–Kier alpha value is -3.23. The summed E-state index contributed by atoms with van der Waals surface area (Å²) < 4.78 is 17.2. The van der Waals surface area contributed by atoms with E-state index in [-0.39, 0.29) is 42.7 Å². The molecule has 1 N–H and O–H groups in total. The normalized spacial score (nSPS) is 13.7. The summed E-state index contributed by atoms with van der Waals surface area (Å²) in [5.74, 6) is -1.57. The van der Waals surface area contributed by atoms with Gasteiger partial charge in [0.1, 0.15) is 6.61 Å². The van der Waals surface area contributed by atoms with Gasteiger partial charge in [0.15, 0.2) is 12.1 Å². The minimum atomic E-state index is -0.888. The summed E-state index contributed by atoms with van der Waals surface area (Å²) in [4.78, 5) is 36.9. The first-order valence-corrected chi connectivity index (χ1v) is 22.0. The van der Waals surface area contributed by atoms with Gasteiger partial charge in [-0.25, -0.2) is 4.79 Å². The van der Waals surface area contributed by atoms with Crippen LogP contribution in [0.2, 0.25) is 0 Å². The fraction of sp³-hybridized carbons (Fsp3) is 0.688. The first kappa shape index (κ1) is 52.8. The zero-order chi connectivity index (χ0) is 41.4. The van der Waals surface area contributed by atoms with Gasteiger partial charge in [0.25, 0.3) is 0 Å². The lowest BCUT2D eigenvalue weighted by Crippen LogP contribution is -2.50. The Labute approximate surface area is 342 Å². The number of esters is 2. The molecule has 2 atom stereocenters. The van der Waals surface area contributed by atoms with E-state index < -0.39 is 18.1 Å². The third kappa shape index (κ3) is 36.4. The van der Waals surface area contributed by atoms with E-state index in [9.17, 15) is 19.5 Å². The van der Waals surface area contributed by atoms with Gasteiger partial charge in [-0.05, 0) is 51.4 Å². The van der Waals surface area contributed by atoms with Crippen LogP contribution in [0.4, 0.5) is 0 Å². The quantitative estimate of drug-likeness (QED) is 0.0219. The molecule has 0 spiro atoms. The minimum absolute atomic E-state index is 0.0334. The molecule has 0 amide bonds. The lowest BCUT2D eigenvalue weighted by molar-refractivity contribution is -0.887. The second kappa shape index (κ2) is 38.6. The molecule has 0 fully saturated rings. The van der Waals surface area contributed by atoms with Crippen molar-refractivity contribution in [3.05, 3.63) is 72.9 Å². The number of hydrogen-bond donors (Lipinski definition) is 1. The van der Waals surface area contributed by atoms with Crippen molar-refractivity contribution in [2.75, 3.05) is 41.0 Å². The van der Waals surface area contributed by atoms with Gasteiger partial charge < -0.3 is 23.8 Å². The van der Waals surface area contributed by atoms with E-state index in [1.165, 1.54) is 89.9 Å². The molecule has 0 aromatic heterocycles. The maximum absolute atomic E-state index is 12.7. The molecule has 2 unspecified atom stereocenters. The minimum Gasteiger partial charge on any atom is -0.477 e. The van der Waals surface area contributed by atoms with E-state index >= 15 is 0 Å². The number of carbonyl (C=O) groups excluding carboxylic acids is 2. The highest BCUT2D eigenvalue weighted by molar-refractivity contribution is 5.72. The molecule has 0 radical (unpaired) electrons. The summed E-state index contributed by atoms with van der Waals surface area (Å²) in [6, 6.07) is -0.629. The largest absolute Gasteiger partial charge is 0.477 e. The predicted octanol–water partition coefficient (Wildman–Crippen LogP) is 12.0. The van der Waals surface area contributed by atoms with Gasteiger partial charge in [0, 0.05) is 19.3 Å². The van der Waals surface area contributed by atoms with Crippen molar-refractivity contribution in [1.82, 2.24) is 0 Å². The van der Waals surface area contributed by atoms with Crippen molar-refractivity contribution < 1.29 is 38.2 Å².